The van der Waals surface area contributed by atoms with Crippen LogP contribution in [0.15, 0.2) is 85.3 Å². The van der Waals surface area contributed by atoms with Gasteiger partial charge in [0.2, 0.25) is 5.91 Å². The van der Waals surface area contributed by atoms with E-state index in [1.165, 1.54) is 0 Å². The predicted molar refractivity (Wildman–Crippen MR) is 129 cm³/mol. The number of hydrogen-bond donors (Lipinski definition) is 1. The zero-order valence-corrected chi connectivity index (χ0v) is 18.7. The molecule has 0 saturated heterocycles. The van der Waals surface area contributed by atoms with Crippen LogP contribution in [0.3, 0.4) is 0 Å². The molecule has 7 nitrogen and oxygen atoms in total. The minimum atomic E-state index is -0.333. The monoisotopic (exact) mass is 438 g/mol. The summed E-state index contributed by atoms with van der Waals surface area (Å²) in [5.74, 6) is 1.22. The maximum Gasteiger partial charge on any atom is 0.226 e. The normalized spacial score (nSPS) is 11.6. The van der Waals surface area contributed by atoms with Crippen molar-refractivity contribution in [3.05, 3.63) is 102 Å². The zero-order chi connectivity index (χ0) is 23.0. The van der Waals surface area contributed by atoms with Crippen LogP contribution in [0.1, 0.15) is 23.0 Å². The van der Waals surface area contributed by atoms with Gasteiger partial charge in [0.05, 0.1) is 18.2 Å². The van der Waals surface area contributed by atoms with Gasteiger partial charge >= 0.3 is 0 Å². The summed E-state index contributed by atoms with van der Waals surface area (Å²) in [5, 5.41) is 3.17. The van der Waals surface area contributed by atoms with Crippen LogP contribution in [0.4, 0.5) is 5.82 Å². The van der Waals surface area contributed by atoms with Gasteiger partial charge in [-0.3, -0.25) is 14.8 Å². The fourth-order valence-corrected chi connectivity index (χ4v) is 3.48. The molecule has 1 N–H and O–H groups in total. The first-order valence-electron chi connectivity index (χ1n) is 10.8. The highest BCUT2D eigenvalue weighted by Crippen LogP contribution is 2.24. The summed E-state index contributed by atoms with van der Waals surface area (Å²) >= 11 is 0. The van der Waals surface area contributed by atoms with Crippen LogP contribution in [0, 0.1) is 0 Å². The summed E-state index contributed by atoms with van der Waals surface area (Å²) in [6, 6.07) is 21.0. The average molecular weight is 439 g/mol. The van der Waals surface area contributed by atoms with E-state index in [-0.39, 0.29) is 18.4 Å². The highest BCUT2D eigenvalue weighted by atomic mass is 16.1. The molecule has 0 bridgehead atoms. The van der Waals surface area contributed by atoms with Gasteiger partial charge in [-0.2, -0.15) is 0 Å². The van der Waals surface area contributed by atoms with Gasteiger partial charge in [0, 0.05) is 50.0 Å². The number of nitrogens with one attached hydrogen (secondary N) is 1. The number of hydrogen-bond acceptors (Lipinski definition) is 6. The van der Waals surface area contributed by atoms with E-state index in [4.69, 9.17) is 9.97 Å². The second-order valence-corrected chi connectivity index (χ2v) is 7.92. The molecule has 0 spiro atoms. The molecule has 166 valence electrons. The molecule has 3 aromatic heterocycles. The van der Waals surface area contributed by atoms with Crippen molar-refractivity contribution in [2.45, 2.75) is 18.9 Å². The molecule has 4 aromatic rings. The van der Waals surface area contributed by atoms with Crippen molar-refractivity contribution in [1.29, 1.82) is 0 Å². The molecule has 0 saturated carbocycles. The fraction of sp³-hybridized carbons (Fsp3) is 0.192. The lowest BCUT2D eigenvalue weighted by Gasteiger charge is -2.21. The third-order valence-electron chi connectivity index (χ3n) is 5.15. The highest BCUT2D eigenvalue weighted by Gasteiger charge is 2.20. The first-order valence-corrected chi connectivity index (χ1v) is 10.8. The summed E-state index contributed by atoms with van der Waals surface area (Å²) in [4.78, 5) is 32.9. The Morgan fingerprint density at radius 2 is 1.79 bits per heavy atom. The number of carbonyl (C=O) groups is 1. The molecular weight excluding hydrogens is 412 g/mol. The molecule has 1 unspecified atom stereocenters. The van der Waals surface area contributed by atoms with Crippen LogP contribution >= 0.6 is 0 Å². The molecule has 4 rings (SSSR count). The summed E-state index contributed by atoms with van der Waals surface area (Å²) in [6.45, 7) is 0. The Hall–Kier alpha value is -4.13. The van der Waals surface area contributed by atoms with Crippen LogP contribution in [-0.2, 0) is 17.6 Å². The Bertz CT molecular complexity index is 1180. The van der Waals surface area contributed by atoms with Crippen LogP contribution in [-0.4, -0.2) is 39.9 Å². The molecule has 3 heterocycles. The van der Waals surface area contributed by atoms with Crippen molar-refractivity contribution in [2.24, 2.45) is 0 Å². The summed E-state index contributed by atoms with van der Waals surface area (Å²) in [7, 11) is 3.87. The fourth-order valence-electron chi connectivity index (χ4n) is 3.48. The zero-order valence-electron chi connectivity index (χ0n) is 18.7. The van der Waals surface area contributed by atoms with E-state index in [0.29, 0.717) is 12.2 Å². The van der Waals surface area contributed by atoms with Crippen LogP contribution in [0.5, 0.6) is 0 Å². The second kappa shape index (κ2) is 10.5. The topological polar surface area (TPSA) is 83.9 Å². The van der Waals surface area contributed by atoms with E-state index < -0.39 is 0 Å². The number of pyridine rings is 2. The third-order valence-corrected chi connectivity index (χ3v) is 5.15. The number of benzene rings is 1. The van der Waals surface area contributed by atoms with Crippen molar-refractivity contribution in [3.8, 4) is 11.4 Å². The van der Waals surface area contributed by atoms with E-state index >= 15 is 0 Å². The predicted octanol–water partition coefficient (Wildman–Crippen LogP) is 3.64. The minimum Gasteiger partial charge on any atom is -0.363 e. The molecule has 7 heteroatoms. The Morgan fingerprint density at radius 1 is 0.970 bits per heavy atom. The van der Waals surface area contributed by atoms with E-state index in [1.807, 2.05) is 85.7 Å². The third kappa shape index (κ3) is 5.98. The van der Waals surface area contributed by atoms with Gasteiger partial charge in [-0.1, -0.05) is 36.4 Å². The smallest absolute Gasteiger partial charge is 0.226 e. The van der Waals surface area contributed by atoms with Gasteiger partial charge in [0.25, 0.3) is 0 Å². The number of rotatable bonds is 8. The maximum atomic E-state index is 12.9. The second-order valence-electron chi connectivity index (χ2n) is 7.92. The van der Waals surface area contributed by atoms with E-state index in [9.17, 15) is 4.79 Å². The minimum absolute atomic E-state index is 0.109. The van der Waals surface area contributed by atoms with Gasteiger partial charge in [0.1, 0.15) is 5.82 Å². The Kier molecular flexibility index (Phi) is 6.99. The molecule has 0 fully saturated rings. The van der Waals surface area contributed by atoms with Crippen molar-refractivity contribution < 1.29 is 4.79 Å². The quantitative estimate of drug-likeness (QED) is 0.452. The number of aromatic nitrogens is 4. The Labute approximate surface area is 193 Å². The standard InChI is InChI=1S/C26H26N6O/c1-32(2)24-17-23(30-26(31-24)20-11-8-13-27-18-20)22(15-19-9-4-3-5-10-19)29-25(33)16-21-12-6-7-14-28-21/h3-14,17-18,22H,15-16H2,1-2H3,(H,29,33). The van der Waals surface area contributed by atoms with Gasteiger partial charge in [-0.25, -0.2) is 9.97 Å². The SMILES string of the molecule is CN(C)c1cc(C(Cc2ccccc2)NC(=O)Cc2ccccn2)nc(-c2cccnc2)n1. The van der Waals surface area contributed by atoms with Crippen molar-refractivity contribution >= 4 is 11.7 Å². The lowest BCUT2D eigenvalue weighted by Crippen LogP contribution is -2.32. The highest BCUT2D eigenvalue weighted by molar-refractivity contribution is 5.78. The van der Waals surface area contributed by atoms with E-state index in [2.05, 4.69) is 15.3 Å². The average Bonchev–Trinajstić information content (AvgIpc) is 2.85. The maximum absolute atomic E-state index is 12.9. The van der Waals surface area contributed by atoms with Crippen molar-refractivity contribution in [3.63, 3.8) is 0 Å². The lowest BCUT2D eigenvalue weighted by atomic mass is 10.0. The molecule has 0 aliphatic rings. The number of carbonyl (C=O) groups excluding carboxylic acids is 1. The Morgan fingerprint density at radius 3 is 2.48 bits per heavy atom. The molecule has 1 amide bonds. The molecular formula is C26H26N6O. The molecule has 1 aromatic carbocycles. The van der Waals surface area contributed by atoms with Gasteiger partial charge < -0.3 is 10.2 Å². The van der Waals surface area contributed by atoms with E-state index in [1.54, 1.807) is 18.6 Å². The lowest BCUT2D eigenvalue weighted by molar-refractivity contribution is -0.121. The number of anilines is 1. The van der Waals surface area contributed by atoms with Gasteiger partial charge in [-0.15, -0.1) is 0 Å². The number of nitrogens with zero attached hydrogens (tertiary/aromatic N) is 5. The number of amides is 1. The van der Waals surface area contributed by atoms with Crippen LogP contribution < -0.4 is 10.2 Å². The van der Waals surface area contributed by atoms with Crippen LogP contribution in [0.25, 0.3) is 11.4 Å². The van der Waals surface area contributed by atoms with Crippen LogP contribution in [0.2, 0.25) is 0 Å². The molecule has 0 aliphatic carbocycles. The summed E-state index contributed by atoms with van der Waals surface area (Å²) in [5.41, 5.74) is 3.39. The van der Waals surface area contributed by atoms with Gasteiger partial charge in [0.15, 0.2) is 5.82 Å². The largest absolute Gasteiger partial charge is 0.363 e. The van der Waals surface area contributed by atoms with Crippen molar-refractivity contribution in [2.75, 3.05) is 19.0 Å². The summed E-state index contributed by atoms with van der Waals surface area (Å²) in [6.07, 6.45) is 5.96. The molecule has 1 atom stereocenters. The molecule has 33 heavy (non-hydrogen) atoms. The van der Waals surface area contributed by atoms with Gasteiger partial charge in [-0.05, 0) is 36.2 Å². The first kappa shape index (κ1) is 22.1. The van der Waals surface area contributed by atoms with Crippen molar-refractivity contribution in [1.82, 2.24) is 25.3 Å². The molecule has 0 radical (unpaired) electrons. The molecule has 0 aliphatic heterocycles. The summed E-state index contributed by atoms with van der Waals surface area (Å²) < 4.78 is 0. The Balaban J connectivity index is 1.69. The van der Waals surface area contributed by atoms with E-state index in [0.717, 1.165) is 28.3 Å². The first-order chi connectivity index (χ1) is 16.1.